The normalized spacial score (nSPS) is 23.8. The number of amides is 1. The Labute approximate surface area is 110 Å². The van der Waals surface area contributed by atoms with E-state index in [2.05, 4.69) is 26.8 Å². The lowest BCUT2D eigenvalue weighted by molar-refractivity contribution is 0.0271. The van der Waals surface area contributed by atoms with E-state index in [1.54, 1.807) is 12.0 Å². The van der Waals surface area contributed by atoms with E-state index in [4.69, 9.17) is 9.47 Å². The van der Waals surface area contributed by atoms with Gasteiger partial charge in [0.25, 0.3) is 0 Å². The number of carbonyl (C=O) groups excluding carboxylic acids is 1. The van der Waals surface area contributed by atoms with Crippen LogP contribution < -0.4 is 0 Å². The van der Waals surface area contributed by atoms with Gasteiger partial charge in [-0.15, -0.1) is 0 Å². The fourth-order valence-corrected chi connectivity index (χ4v) is 2.49. The molecule has 0 fully saturated rings. The van der Waals surface area contributed by atoms with E-state index in [1.165, 1.54) is 12.7 Å². The van der Waals surface area contributed by atoms with E-state index in [1.807, 2.05) is 0 Å². The molecular weight excluding hydrogens is 230 g/mol. The summed E-state index contributed by atoms with van der Waals surface area (Å²) in [5.41, 5.74) is 1.23. The number of carbonyl (C=O) groups is 1. The molecule has 0 saturated carbocycles. The first kappa shape index (κ1) is 15.0. The third-order valence-electron chi connectivity index (χ3n) is 3.79. The third-order valence-corrected chi connectivity index (χ3v) is 3.79. The molecule has 0 aromatic heterocycles. The number of nitrogens with zero attached hydrogens (tertiary/aromatic N) is 1. The van der Waals surface area contributed by atoms with Gasteiger partial charge in [-0.2, -0.15) is 0 Å². The molecule has 0 bridgehead atoms. The van der Waals surface area contributed by atoms with E-state index >= 15 is 0 Å². The number of hydrogen-bond acceptors (Lipinski definition) is 3. The van der Waals surface area contributed by atoms with E-state index < -0.39 is 0 Å². The highest BCUT2D eigenvalue weighted by Gasteiger charge is 2.31. The Morgan fingerprint density at radius 3 is 2.67 bits per heavy atom. The summed E-state index contributed by atoms with van der Waals surface area (Å²) in [6.07, 6.45) is 4.00. The molecule has 0 unspecified atom stereocenters. The Hall–Kier alpha value is -1.03. The summed E-state index contributed by atoms with van der Waals surface area (Å²) in [6, 6.07) is 0.0959. The number of allylic oxidation sites excluding steroid dienone is 1. The second-order valence-electron chi connectivity index (χ2n) is 5.30. The first-order valence-corrected chi connectivity index (χ1v) is 6.51. The zero-order valence-electron chi connectivity index (χ0n) is 12.1. The largest absolute Gasteiger partial charge is 0.453 e. The molecule has 0 radical (unpaired) electrons. The van der Waals surface area contributed by atoms with Crippen LogP contribution in [0.2, 0.25) is 0 Å². The molecule has 1 rings (SSSR count). The number of methoxy groups -OCH3 is 2. The summed E-state index contributed by atoms with van der Waals surface area (Å²) in [5, 5.41) is 0. The van der Waals surface area contributed by atoms with Crippen LogP contribution in [0.15, 0.2) is 11.6 Å². The van der Waals surface area contributed by atoms with Crippen LogP contribution in [0.5, 0.6) is 0 Å². The van der Waals surface area contributed by atoms with Gasteiger partial charge >= 0.3 is 6.09 Å². The van der Waals surface area contributed by atoms with Gasteiger partial charge in [0, 0.05) is 7.11 Å². The van der Waals surface area contributed by atoms with Crippen molar-refractivity contribution < 1.29 is 14.3 Å². The first-order chi connectivity index (χ1) is 8.51. The molecule has 1 aliphatic rings. The maximum absolute atomic E-state index is 11.8. The van der Waals surface area contributed by atoms with Crippen molar-refractivity contribution in [3.63, 3.8) is 0 Å². The summed E-state index contributed by atoms with van der Waals surface area (Å²) in [6.45, 7) is 6.81. The molecule has 0 aromatic carbocycles. The summed E-state index contributed by atoms with van der Waals surface area (Å²) in [5.74, 6) is 1.24. The van der Waals surface area contributed by atoms with Crippen LogP contribution in [0.25, 0.3) is 0 Å². The highest BCUT2D eigenvalue weighted by molar-refractivity contribution is 5.68. The molecule has 0 aliphatic heterocycles. The van der Waals surface area contributed by atoms with Gasteiger partial charge in [-0.3, -0.25) is 4.90 Å². The summed E-state index contributed by atoms with van der Waals surface area (Å²) in [7, 11) is 3.00. The Morgan fingerprint density at radius 1 is 1.50 bits per heavy atom. The molecule has 18 heavy (non-hydrogen) atoms. The Balaban J connectivity index is 2.85. The minimum absolute atomic E-state index is 0.0959. The van der Waals surface area contributed by atoms with Gasteiger partial charge < -0.3 is 9.47 Å². The van der Waals surface area contributed by atoms with Gasteiger partial charge in [-0.05, 0) is 31.6 Å². The Kier molecular flexibility index (Phi) is 5.66. The van der Waals surface area contributed by atoms with Crippen LogP contribution in [0.1, 0.15) is 33.6 Å². The fraction of sp³-hybridized carbons (Fsp3) is 0.786. The lowest BCUT2D eigenvalue weighted by atomic mass is 9.79. The molecular formula is C14H25NO3. The van der Waals surface area contributed by atoms with Crippen LogP contribution in [0.3, 0.4) is 0 Å². The number of ether oxygens (including phenoxy) is 2. The molecule has 0 N–H and O–H groups in total. The van der Waals surface area contributed by atoms with Gasteiger partial charge in [0.1, 0.15) is 6.73 Å². The van der Waals surface area contributed by atoms with Crippen LogP contribution in [0.4, 0.5) is 4.79 Å². The van der Waals surface area contributed by atoms with Crippen LogP contribution in [-0.4, -0.2) is 38.0 Å². The van der Waals surface area contributed by atoms with Gasteiger partial charge in [0.15, 0.2) is 0 Å². The SMILES string of the molecule is COCN(C(=O)OC)[C@@H]1C[C@H](C(C)C)CC=C1C. The highest BCUT2D eigenvalue weighted by atomic mass is 16.6. The van der Waals surface area contributed by atoms with Gasteiger partial charge in [0.05, 0.1) is 13.2 Å². The summed E-state index contributed by atoms with van der Waals surface area (Å²) < 4.78 is 9.96. The topological polar surface area (TPSA) is 38.8 Å². The lowest BCUT2D eigenvalue weighted by Crippen LogP contribution is -2.44. The minimum Gasteiger partial charge on any atom is -0.453 e. The monoisotopic (exact) mass is 255 g/mol. The standard InChI is InChI=1S/C14H25NO3/c1-10(2)12-7-6-11(3)13(8-12)15(9-17-4)14(16)18-5/h6,10,12-13H,7-9H2,1-5H3/t12-,13-/m1/s1. The second-order valence-corrected chi connectivity index (χ2v) is 5.30. The molecule has 0 saturated heterocycles. The predicted octanol–water partition coefficient (Wildman–Crippen LogP) is 3.04. The molecule has 2 atom stereocenters. The highest BCUT2D eigenvalue weighted by Crippen LogP contribution is 2.32. The molecule has 104 valence electrons. The maximum Gasteiger partial charge on any atom is 0.411 e. The van der Waals surface area contributed by atoms with Crippen molar-refractivity contribution in [2.24, 2.45) is 11.8 Å². The molecule has 0 aromatic rings. The number of hydrogen-bond donors (Lipinski definition) is 0. The zero-order valence-corrected chi connectivity index (χ0v) is 12.1. The molecule has 0 heterocycles. The van der Waals surface area contributed by atoms with Crippen molar-refractivity contribution in [2.45, 2.75) is 39.7 Å². The van der Waals surface area contributed by atoms with E-state index in [0.717, 1.165) is 12.8 Å². The smallest absolute Gasteiger partial charge is 0.411 e. The lowest BCUT2D eigenvalue weighted by Gasteiger charge is -2.37. The van der Waals surface area contributed by atoms with Crippen molar-refractivity contribution in [1.29, 1.82) is 0 Å². The molecule has 1 amide bonds. The summed E-state index contributed by atoms with van der Waals surface area (Å²) >= 11 is 0. The molecule has 4 heteroatoms. The predicted molar refractivity (Wildman–Crippen MR) is 71.2 cm³/mol. The van der Waals surface area contributed by atoms with Gasteiger partial charge in [-0.25, -0.2) is 4.79 Å². The first-order valence-electron chi connectivity index (χ1n) is 6.51. The van der Waals surface area contributed by atoms with E-state index in [-0.39, 0.29) is 18.9 Å². The Bertz CT molecular complexity index is 312. The molecule has 0 spiro atoms. The van der Waals surface area contributed by atoms with E-state index in [9.17, 15) is 4.79 Å². The fourth-order valence-electron chi connectivity index (χ4n) is 2.49. The van der Waals surface area contributed by atoms with Crippen molar-refractivity contribution in [1.82, 2.24) is 4.90 Å². The van der Waals surface area contributed by atoms with Crippen molar-refractivity contribution in [3.8, 4) is 0 Å². The molecule has 4 nitrogen and oxygen atoms in total. The average molecular weight is 255 g/mol. The third kappa shape index (κ3) is 3.48. The summed E-state index contributed by atoms with van der Waals surface area (Å²) in [4.78, 5) is 13.5. The van der Waals surface area contributed by atoms with Crippen LogP contribution >= 0.6 is 0 Å². The van der Waals surface area contributed by atoms with Crippen molar-refractivity contribution in [2.75, 3.05) is 21.0 Å². The number of rotatable bonds is 4. The van der Waals surface area contributed by atoms with E-state index in [0.29, 0.717) is 11.8 Å². The zero-order chi connectivity index (χ0) is 13.7. The minimum atomic E-state index is -0.320. The van der Waals surface area contributed by atoms with Crippen LogP contribution in [0, 0.1) is 11.8 Å². The van der Waals surface area contributed by atoms with Crippen molar-refractivity contribution >= 4 is 6.09 Å². The van der Waals surface area contributed by atoms with Gasteiger partial charge in [-0.1, -0.05) is 25.5 Å². The second kappa shape index (κ2) is 6.78. The van der Waals surface area contributed by atoms with Crippen molar-refractivity contribution in [3.05, 3.63) is 11.6 Å². The van der Waals surface area contributed by atoms with Gasteiger partial charge in [0.2, 0.25) is 0 Å². The quantitative estimate of drug-likeness (QED) is 0.572. The maximum atomic E-state index is 11.8. The molecule has 1 aliphatic carbocycles. The van der Waals surface area contributed by atoms with Crippen LogP contribution in [-0.2, 0) is 9.47 Å². The Morgan fingerprint density at radius 2 is 2.17 bits per heavy atom. The average Bonchev–Trinajstić information content (AvgIpc) is 2.35.